The summed E-state index contributed by atoms with van der Waals surface area (Å²) in [4.78, 5) is 4.37. The Balaban J connectivity index is 2.15. The summed E-state index contributed by atoms with van der Waals surface area (Å²) in [5.41, 5.74) is 7.25. The maximum absolute atomic E-state index is 6.07. The largest absolute Gasteiger partial charge is 0.327 e. The molecule has 70 valence electrons. The molecule has 1 saturated carbocycles. The zero-order valence-corrected chi connectivity index (χ0v) is 7.82. The molecule has 0 aromatic carbocycles. The molecule has 2 heteroatoms. The molecule has 0 saturated heterocycles. The lowest BCUT2D eigenvalue weighted by Crippen LogP contribution is -2.31. The lowest BCUT2D eigenvalue weighted by Gasteiger charge is -2.27. The monoisotopic (exact) mass is 176 g/mol. The van der Waals surface area contributed by atoms with Crippen molar-refractivity contribution >= 4 is 0 Å². The van der Waals surface area contributed by atoms with Gasteiger partial charge in [-0.2, -0.15) is 0 Å². The summed E-state index contributed by atoms with van der Waals surface area (Å²) >= 11 is 0. The summed E-state index contributed by atoms with van der Waals surface area (Å²) < 4.78 is 0. The summed E-state index contributed by atoms with van der Waals surface area (Å²) in [6, 6.07) is 6.42. The van der Waals surface area contributed by atoms with Crippen LogP contribution >= 0.6 is 0 Å². The topological polar surface area (TPSA) is 38.9 Å². The molecule has 1 fully saturated rings. The van der Waals surface area contributed by atoms with Gasteiger partial charge in [-0.15, -0.1) is 0 Å². The van der Waals surface area contributed by atoms with Gasteiger partial charge in [-0.25, -0.2) is 0 Å². The Morgan fingerprint density at radius 3 is 2.77 bits per heavy atom. The summed E-state index contributed by atoms with van der Waals surface area (Å²) in [7, 11) is 0. The van der Waals surface area contributed by atoms with E-state index in [-0.39, 0.29) is 0 Å². The van der Waals surface area contributed by atoms with Gasteiger partial charge in [-0.3, -0.25) is 4.98 Å². The molecule has 0 bridgehead atoms. The molecular formula is C11H16N2. The van der Waals surface area contributed by atoms with E-state index >= 15 is 0 Å². The SMILES string of the molecule is N[C@@H]1CCCC[C@H]1c1ccccn1. The van der Waals surface area contributed by atoms with Gasteiger partial charge < -0.3 is 5.73 Å². The first-order chi connectivity index (χ1) is 6.38. The highest BCUT2D eigenvalue weighted by Crippen LogP contribution is 2.30. The molecule has 1 heterocycles. The lowest BCUT2D eigenvalue weighted by atomic mass is 9.83. The van der Waals surface area contributed by atoms with Crippen molar-refractivity contribution in [3.05, 3.63) is 30.1 Å². The number of nitrogens with zero attached hydrogens (tertiary/aromatic N) is 1. The predicted octanol–water partition coefficient (Wildman–Crippen LogP) is 2.07. The van der Waals surface area contributed by atoms with E-state index in [2.05, 4.69) is 11.1 Å². The van der Waals surface area contributed by atoms with E-state index in [1.807, 2.05) is 18.3 Å². The van der Waals surface area contributed by atoms with Gasteiger partial charge in [-0.05, 0) is 25.0 Å². The Labute approximate surface area is 79.2 Å². The van der Waals surface area contributed by atoms with Crippen LogP contribution in [0, 0.1) is 0 Å². The summed E-state index contributed by atoms with van der Waals surface area (Å²) in [5.74, 6) is 0.495. The number of pyridine rings is 1. The molecule has 0 aliphatic heterocycles. The number of aromatic nitrogens is 1. The third-order valence-corrected chi connectivity index (χ3v) is 2.89. The zero-order chi connectivity index (χ0) is 9.10. The van der Waals surface area contributed by atoms with Crippen LogP contribution < -0.4 is 5.73 Å². The Hall–Kier alpha value is -0.890. The van der Waals surface area contributed by atoms with Crippen molar-refractivity contribution in [1.82, 2.24) is 4.98 Å². The molecule has 2 rings (SSSR count). The molecule has 0 spiro atoms. The molecule has 2 atom stereocenters. The zero-order valence-electron chi connectivity index (χ0n) is 7.82. The molecule has 1 aliphatic rings. The fourth-order valence-corrected chi connectivity index (χ4v) is 2.12. The molecular weight excluding hydrogens is 160 g/mol. The maximum Gasteiger partial charge on any atom is 0.0449 e. The van der Waals surface area contributed by atoms with Crippen molar-refractivity contribution in [3.63, 3.8) is 0 Å². The highest BCUT2D eigenvalue weighted by molar-refractivity contribution is 5.12. The first-order valence-corrected chi connectivity index (χ1v) is 5.04. The summed E-state index contributed by atoms with van der Waals surface area (Å²) in [6.07, 6.45) is 6.80. The van der Waals surface area contributed by atoms with Gasteiger partial charge in [0.2, 0.25) is 0 Å². The second-order valence-corrected chi connectivity index (χ2v) is 3.81. The third-order valence-electron chi connectivity index (χ3n) is 2.89. The molecule has 1 aliphatic carbocycles. The number of rotatable bonds is 1. The Morgan fingerprint density at radius 1 is 1.23 bits per heavy atom. The van der Waals surface area contributed by atoms with Crippen molar-refractivity contribution in [1.29, 1.82) is 0 Å². The predicted molar refractivity (Wildman–Crippen MR) is 53.4 cm³/mol. The van der Waals surface area contributed by atoms with E-state index in [0.717, 1.165) is 6.42 Å². The second-order valence-electron chi connectivity index (χ2n) is 3.81. The Kier molecular flexibility index (Phi) is 2.60. The van der Waals surface area contributed by atoms with Gasteiger partial charge in [0.15, 0.2) is 0 Å². The fourth-order valence-electron chi connectivity index (χ4n) is 2.12. The fraction of sp³-hybridized carbons (Fsp3) is 0.545. The van der Waals surface area contributed by atoms with Crippen LogP contribution in [0.1, 0.15) is 37.3 Å². The van der Waals surface area contributed by atoms with Crippen LogP contribution in [0.4, 0.5) is 0 Å². The third kappa shape index (κ3) is 1.89. The maximum atomic E-state index is 6.07. The first-order valence-electron chi connectivity index (χ1n) is 5.04. The van der Waals surface area contributed by atoms with Crippen LogP contribution in [-0.2, 0) is 0 Å². The lowest BCUT2D eigenvalue weighted by molar-refractivity contribution is 0.380. The molecule has 1 aromatic rings. The quantitative estimate of drug-likeness (QED) is 0.711. The van der Waals surface area contributed by atoms with Gasteiger partial charge in [0, 0.05) is 23.9 Å². The summed E-state index contributed by atoms with van der Waals surface area (Å²) in [5, 5.41) is 0. The van der Waals surface area contributed by atoms with Crippen LogP contribution in [-0.4, -0.2) is 11.0 Å². The van der Waals surface area contributed by atoms with Gasteiger partial charge in [0.25, 0.3) is 0 Å². The number of hydrogen-bond acceptors (Lipinski definition) is 2. The highest BCUT2D eigenvalue weighted by atomic mass is 14.7. The van der Waals surface area contributed by atoms with Crippen LogP contribution in [0.3, 0.4) is 0 Å². The molecule has 0 amide bonds. The van der Waals surface area contributed by atoms with Gasteiger partial charge in [-0.1, -0.05) is 18.9 Å². The average molecular weight is 176 g/mol. The normalized spacial score (nSPS) is 28.7. The van der Waals surface area contributed by atoms with E-state index in [9.17, 15) is 0 Å². The molecule has 13 heavy (non-hydrogen) atoms. The molecule has 2 nitrogen and oxygen atoms in total. The highest BCUT2D eigenvalue weighted by Gasteiger charge is 2.23. The molecule has 0 unspecified atom stereocenters. The standard InChI is InChI=1S/C11H16N2/c12-10-6-2-1-5-9(10)11-7-3-4-8-13-11/h3-4,7-10H,1-2,5-6,12H2/t9-,10-/m1/s1. The molecule has 0 radical (unpaired) electrons. The molecule has 2 N–H and O–H groups in total. The van der Waals surface area contributed by atoms with Crippen molar-refractivity contribution < 1.29 is 0 Å². The average Bonchev–Trinajstić information content (AvgIpc) is 2.20. The van der Waals surface area contributed by atoms with Crippen molar-refractivity contribution in [2.75, 3.05) is 0 Å². The summed E-state index contributed by atoms with van der Waals surface area (Å²) in [6.45, 7) is 0. The van der Waals surface area contributed by atoms with E-state index < -0.39 is 0 Å². The van der Waals surface area contributed by atoms with Crippen molar-refractivity contribution in [3.8, 4) is 0 Å². The van der Waals surface area contributed by atoms with E-state index in [1.165, 1.54) is 25.0 Å². The minimum absolute atomic E-state index is 0.323. The van der Waals surface area contributed by atoms with Crippen LogP contribution in [0.25, 0.3) is 0 Å². The minimum atomic E-state index is 0.323. The number of nitrogens with two attached hydrogens (primary N) is 1. The molecule has 1 aromatic heterocycles. The number of hydrogen-bond donors (Lipinski definition) is 1. The van der Waals surface area contributed by atoms with Crippen LogP contribution in [0.5, 0.6) is 0 Å². The van der Waals surface area contributed by atoms with Gasteiger partial charge >= 0.3 is 0 Å². The van der Waals surface area contributed by atoms with E-state index in [0.29, 0.717) is 12.0 Å². The Bertz CT molecular complexity index is 258. The smallest absolute Gasteiger partial charge is 0.0449 e. The second kappa shape index (κ2) is 3.88. The van der Waals surface area contributed by atoms with E-state index in [1.54, 1.807) is 0 Å². The van der Waals surface area contributed by atoms with E-state index in [4.69, 9.17) is 5.73 Å². The van der Waals surface area contributed by atoms with Crippen LogP contribution in [0.2, 0.25) is 0 Å². The van der Waals surface area contributed by atoms with Crippen LogP contribution in [0.15, 0.2) is 24.4 Å². The van der Waals surface area contributed by atoms with Crippen molar-refractivity contribution in [2.24, 2.45) is 5.73 Å². The van der Waals surface area contributed by atoms with Gasteiger partial charge in [0.05, 0.1) is 0 Å². The Morgan fingerprint density at radius 2 is 2.08 bits per heavy atom. The van der Waals surface area contributed by atoms with Gasteiger partial charge in [0.1, 0.15) is 0 Å². The first kappa shape index (κ1) is 8.70. The van der Waals surface area contributed by atoms with Crippen molar-refractivity contribution in [2.45, 2.75) is 37.6 Å². The minimum Gasteiger partial charge on any atom is -0.327 e.